The molecule has 0 spiro atoms. The van der Waals surface area contributed by atoms with Crippen molar-refractivity contribution in [1.82, 2.24) is 0 Å². The van der Waals surface area contributed by atoms with Gasteiger partial charge in [-0.15, -0.1) is 0 Å². The quantitative estimate of drug-likeness (QED) is 0.876. The topological polar surface area (TPSA) is 58.4 Å². The van der Waals surface area contributed by atoms with Crippen LogP contribution in [0.3, 0.4) is 0 Å². The van der Waals surface area contributed by atoms with Crippen LogP contribution in [0.15, 0.2) is 16.6 Å². The molecular formula is C12H16BrN3O. The highest BCUT2D eigenvalue weighted by atomic mass is 79.9. The van der Waals surface area contributed by atoms with Gasteiger partial charge in [0.2, 0.25) is 5.91 Å². The van der Waals surface area contributed by atoms with Crippen molar-refractivity contribution < 1.29 is 4.79 Å². The van der Waals surface area contributed by atoms with Crippen LogP contribution in [0.1, 0.15) is 12.0 Å². The van der Waals surface area contributed by atoms with Gasteiger partial charge in [-0.05, 0) is 37.6 Å². The van der Waals surface area contributed by atoms with Crippen molar-refractivity contribution in [3.8, 4) is 0 Å². The van der Waals surface area contributed by atoms with E-state index in [0.29, 0.717) is 13.0 Å². The summed E-state index contributed by atoms with van der Waals surface area (Å²) in [5.41, 5.74) is 8.62. The molecular weight excluding hydrogens is 282 g/mol. The molecule has 0 aromatic heterocycles. The van der Waals surface area contributed by atoms with Gasteiger partial charge in [-0.3, -0.25) is 4.79 Å². The molecule has 1 heterocycles. The van der Waals surface area contributed by atoms with E-state index in [9.17, 15) is 4.79 Å². The van der Waals surface area contributed by atoms with Gasteiger partial charge in [0.15, 0.2) is 0 Å². The number of nitrogens with two attached hydrogens (primary N) is 1. The van der Waals surface area contributed by atoms with Gasteiger partial charge in [-0.2, -0.15) is 0 Å². The fraction of sp³-hybridized carbons (Fsp3) is 0.417. The maximum atomic E-state index is 12.0. The molecule has 2 rings (SSSR count). The van der Waals surface area contributed by atoms with Crippen molar-refractivity contribution in [3.63, 3.8) is 0 Å². The largest absolute Gasteiger partial charge is 0.361 e. The third kappa shape index (κ3) is 2.17. The van der Waals surface area contributed by atoms with Gasteiger partial charge in [-0.25, -0.2) is 0 Å². The lowest BCUT2D eigenvalue weighted by atomic mass is 10.0. The maximum absolute atomic E-state index is 12.0. The maximum Gasteiger partial charge on any atom is 0.247 e. The summed E-state index contributed by atoms with van der Waals surface area (Å²) in [6.45, 7) is 2.55. The first kappa shape index (κ1) is 12.4. The molecule has 0 fully saturated rings. The number of hydrogen-bond donors (Lipinski definition) is 2. The van der Waals surface area contributed by atoms with Crippen LogP contribution in [0.25, 0.3) is 0 Å². The molecule has 1 aliphatic heterocycles. The average Bonchev–Trinajstić information content (AvgIpc) is 2.22. The number of carbonyl (C=O) groups is 1. The zero-order valence-electron chi connectivity index (χ0n) is 9.96. The van der Waals surface area contributed by atoms with Gasteiger partial charge in [-0.1, -0.05) is 15.9 Å². The van der Waals surface area contributed by atoms with E-state index in [-0.39, 0.29) is 11.9 Å². The second-order valence-electron chi connectivity index (χ2n) is 4.31. The van der Waals surface area contributed by atoms with E-state index in [1.165, 1.54) is 0 Å². The molecule has 1 aromatic carbocycles. The number of anilines is 2. The molecule has 5 heteroatoms. The Balaban J connectivity index is 2.46. The minimum atomic E-state index is -0.174. The van der Waals surface area contributed by atoms with Crippen LogP contribution in [-0.4, -0.2) is 25.5 Å². The summed E-state index contributed by atoms with van der Waals surface area (Å²) in [5.74, 6) is 0.0166. The summed E-state index contributed by atoms with van der Waals surface area (Å²) >= 11 is 3.44. The summed E-state index contributed by atoms with van der Waals surface area (Å²) in [6.07, 6.45) is 0.664. The summed E-state index contributed by atoms with van der Waals surface area (Å²) < 4.78 is 0.972. The predicted octanol–water partition coefficient (Wildman–Crippen LogP) is 1.86. The van der Waals surface area contributed by atoms with Crippen LogP contribution in [0.4, 0.5) is 11.4 Å². The Hall–Kier alpha value is -1.07. The third-order valence-corrected chi connectivity index (χ3v) is 3.54. The van der Waals surface area contributed by atoms with Gasteiger partial charge in [0, 0.05) is 11.5 Å². The number of benzene rings is 1. The van der Waals surface area contributed by atoms with Crippen LogP contribution >= 0.6 is 15.9 Å². The van der Waals surface area contributed by atoms with Gasteiger partial charge >= 0.3 is 0 Å². The van der Waals surface area contributed by atoms with Crippen molar-refractivity contribution in [2.45, 2.75) is 19.4 Å². The van der Waals surface area contributed by atoms with E-state index in [1.807, 2.05) is 31.0 Å². The Bertz CT molecular complexity index is 461. The Labute approximate surface area is 109 Å². The average molecular weight is 298 g/mol. The molecule has 1 amide bonds. The van der Waals surface area contributed by atoms with Crippen molar-refractivity contribution in [2.75, 3.05) is 23.8 Å². The standard InChI is InChI=1S/C12H16BrN3O/c1-7-5-8(13)6-9-11(7)16(2)10(3-4-14)12(17)15-9/h5-6,10H,3-4,14H2,1-2H3,(H,15,17). The van der Waals surface area contributed by atoms with E-state index in [1.54, 1.807) is 0 Å². The number of hydrogen-bond acceptors (Lipinski definition) is 3. The van der Waals surface area contributed by atoms with Gasteiger partial charge in [0.25, 0.3) is 0 Å². The Morgan fingerprint density at radius 2 is 2.24 bits per heavy atom. The Morgan fingerprint density at radius 1 is 1.53 bits per heavy atom. The number of likely N-dealkylation sites (N-methyl/N-ethyl adjacent to an activating group) is 1. The minimum Gasteiger partial charge on any atom is -0.361 e. The molecule has 3 N–H and O–H groups in total. The van der Waals surface area contributed by atoms with E-state index in [0.717, 1.165) is 21.4 Å². The number of halogens is 1. The molecule has 1 aromatic rings. The number of amides is 1. The van der Waals surface area contributed by atoms with E-state index >= 15 is 0 Å². The SMILES string of the molecule is Cc1cc(Br)cc2c1N(C)C(CCN)C(=O)N2. The van der Waals surface area contributed by atoms with Crippen molar-refractivity contribution >= 4 is 33.2 Å². The van der Waals surface area contributed by atoms with Crippen LogP contribution < -0.4 is 16.0 Å². The van der Waals surface area contributed by atoms with E-state index in [4.69, 9.17) is 5.73 Å². The number of fused-ring (bicyclic) bond motifs is 1. The first-order valence-electron chi connectivity index (χ1n) is 5.58. The minimum absolute atomic E-state index is 0.0166. The van der Waals surface area contributed by atoms with Crippen molar-refractivity contribution in [3.05, 3.63) is 22.2 Å². The van der Waals surface area contributed by atoms with E-state index in [2.05, 4.69) is 21.2 Å². The lowest BCUT2D eigenvalue weighted by Gasteiger charge is -2.36. The van der Waals surface area contributed by atoms with Crippen LogP contribution in [0, 0.1) is 6.92 Å². The summed E-state index contributed by atoms with van der Waals surface area (Å²) in [5, 5.41) is 2.94. The van der Waals surface area contributed by atoms with Gasteiger partial charge in [0.1, 0.15) is 6.04 Å². The fourth-order valence-electron chi connectivity index (χ4n) is 2.33. The number of carbonyl (C=O) groups excluding carboxylic acids is 1. The monoisotopic (exact) mass is 297 g/mol. The highest BCUT2D eigenvalue weighted by Gasteiger charge is 2.30. The summed E-state index contributed by atoms with van der Waals surface area (Å²) in [6, 6.07) is 3.80. The fourth-order valence-corrected chi connectivity index (χ4v) is 2.90. The molecule has 1 atom stereocenters. The molecule has 1 aliphatic rings. The molecule has 0 aliphatic carbocycles. The highest BCUT2D eigenvalue weighted by molar-refractivity contribution is 9.10. The second kappa shape index (κ2) is 4.66. The lowest BCUT2D eigenvalue weighted by Crippen LogP contribution is -2.47. The first-order valence-corrected chi connectivity index (χ1v) is 6.37. The zero-order valence-corrected chi connectivity index (χ0v) is 11.5. The molecule has 92 valence electrons. The van der Waals surface area contributed by atoms with E-state index < -0.39 is 0 Å². The number of nitrogens with one attached hydrogen (secondary N) is 1. The van der Waals surface area contributed by atoms with Crippen molar-refractivity contribution in [1.29, 1.82) is 0 Å². The van der Waals surface area contributed by atoms with Crippen LogP contribution in [-0.2, 0) is 4.79 Å². The highest BCUT2D eigenvalue weighted by Crippen LogP contribution is 2.37. The summed E-state index contributed by atoms with van der Waals surface area (Å²) in [4.78, 5) is 14.0. The number of nitrogens with zero attached hydrogens (tertiary/aromatic N) is 1. The Morgan fingerprint density at radius 3 is 2.88 bits per heavy atom. The summed E-state index contributed by atoms with van der Waals surface area (Å²) in [7, 11) is 1.94. The van der Waals surface area contributed by atoms with Crippen molar-refractivity contribution in [2.24, 2.45) is 5.73 Å². The molecule has 0 saturated carbocycles. The normalized spacial score (nSPS) is 18.9. The zero-order chi connectivity index (χ0) is 12.6. The third-order valence-electron chi connectivity index (χ3n) is 3.09. The molecule has 17 heavy (non-hydrogen) atoms. The Kier molecular flexibility index (Phi) is 3.40. The molecule has 0 saturated heterocycles. The van der Waals surface area contributed by atoms with Gasteiger partial charge in [0.05, 0.1) is 11.4 Å². The second-order valence-corrected chi connectivity index (χ2v) is 5.23. The first-order chi connectivity index (χ1) is 8.04. The molecule has 4 nitrogen and oxygen atoms in total. The molecule has 0 bridgehead atoms. The van der Waals surface area contributed by atoms with Crippen LogP contribution in [0.5, 0.6) is 0 Å². The van der Waals surface area contributed by atoms with Crippen LogP contribution in [0.2, 0.25) is 0 Å². The lowest BCUT2D eigenvalue weighted by molar-refractivity contribution is -0.117. The number of rotatable bonds is 2. The number of aryl methyl sites for hydroxylation is 1. The molecule has 1 unspecified atom stereocenters. The predicted molar refractivity (Wildman–Crippen MR) is 73.4 cm³/mol. The molecule has 0 radical (unpaired) electrons. The smallest absolute Gasteiger partial charge is 0.247 e. The van der Waals surface area contributed by atoms with Gasteiger partial charge < -0.3 is 16.0 Å².